The maximum atomic E-state index is 14.3. The average molecular weight is 1080 g/mol. The molecule has 422 valence electrons. The van der Waals surface area contributed by atoms with Crippen molar-refractivity contribution in [1.29, 1.82) is 0 Å². The van der Waals surface area contributed by atoms with Crippen LogP contribution in [0.4, 0.5) is 0 Å². The van der Waals surface area contributed by atoms with E-state index in [2.05, 4.69) is 52.2 Å². The third-order valence-corrected chi connectivity index (χ3v) is 13.2. The number of hydrogen-bond acceptors (Lipinski definition) is 12. The number of nitrogens with two attached hydrogens (primary N) is 3. The third-order valence-electron chi connectivity index (χ3n) is 13.2. The lowest BCUT2D eigenvalue weighted by Gasteiger charge is -2.28. The molecule has 3 heterocycles. The fraction of sp³-hybridized carbons (Fsp3) is 0.500. The van der Waals surface area contributed by atoms with Crippen LogP contribution < -0.4 is 54.4 Å². The maximum absolute atomic E-state index is 14.3. The van der Waals surface area contributed by atoms with Crippen LogP contribution in [-0.2, 0) is 67.2 Å². The van der Waals surface area contributed by atoms with Crippen LogP contribution >= 0.6 is 0 Å². The minimum atomic E-state index is -1.34. The minimum Gasteiger partial charge on any atom is -0.370 e. The number of benzene rings is 2. The fourth-order valence-corrected chi connectivity index (χ4v) is 9.07. The molecule has 2 aromatic heterocycles. The van der Waals surface area contributed by atoms with Crippen molar-refractivity contribution in [3.63, 3.8) is 0 Å². The van der Waals surface area contributed by atoms with Gasteiger partial charge in [-0.25, -0.2) is 4.98 Å². The molecule has 0 bridgehead atoms. The SMILES string of the molecule is CC(C)CC(NC(=O)C(CC(C)C)NC(=O)C(Cc1cnc[nH]1)NC(=O)CN1CCCCC(NC(=O)C(C)NC(=O)C(Cc2c[nH]c3ccccc23)NC(=O)C(CCC(N)=O)NC(=O)[C@H](N)Cc2ccccc2)C1=O)C(N)=O. The number of carbonyl (C=O) groups excluding carboxylic acids is 10. The summed E-state index contributed by atoms with van der Waals surface area (Å²) in [5, 5.41) is 19.5. The Morgan fingerprint density at radius 3 is 1.94 bits per heavy atom. The van der Waals surface area contributed by atoms with E-state index >= 15 is 0 Å². The van der Waals surface area contributed by atoms with Crippen molar-refractivity contribution in [1.82, 2.24) is 57.1 Å². The van der Waals surface area contributed by atoms with Gasteiger partial charge in [-0.2, -0.15) is 0 Å². The number of aromatic nitrogens is 3. The first kappa shape index (κ1) is 60.7. The minimum absolute atomic E-state index is 0.0289. The molecule has 24 heteroatoms. The molecule has 1 aliphatic rings. The molecule has 0 aliphatic carbocycles. The molecule has 0 spiro atoms. The van der Waals surface area contributed by atoms with Crippen molar-refractivity contribution in [2.45, 2.75) is 147 Å². The molecule has 1 fully saturated rings. The maximum Gasteiger partial charge on any atom is 0.245 e. The molecule has 4 aromatic rings. The number of nitrogens with one attached hydrogen (secondary N) is 9. The largest absolute Gasteiger partial charge is 0.370 e. The predicted molar refractivity (Wildman–Crippen MR) is 289 cm³/mol. The van der Waals surface area contributed by atoms with Crippen molar-refractivity contribution in [3.05, 3.63) is 90.1 Å². The Balaban J connectivity index is 1.26. The van der Waals surface area contributed by atoms with Gasteiger partial charge in [0.25, 0.3) is 0 Å². The van der Waals surface area contributed by atoms with E-state index in [1.54, 1.807) is 30.5 Å². The Labute approximate surface area is 453 Å². The zero-order valence-electron chi connectivity index (χ0n) is 44.9. The molecule has 10 amide bonds. The lowest BCUT2D eigenvalue weighted by atomic mass is 9.99. The lowest BCUT2D eigenvalue weighted by molar-refractivity contribution is -0.140. The summed E-state index contributed by atoms with van der Waals surface area (Å²) in [6, 6.07) is 6.85. The van der Waals surface area contributed by atoms with Gasteiger partial charge in [0.2, 0.25) is 59.1 Å². The molecule has 78 heavy (non-hydrogen) atoms. The van der Waals surface area contributed by atoms with Crippen LogP contribution in [0.3, 0.4) is 0 Å². The van der Waals surface area contributed by atoms with Crippen LogP contribution in [0.5, 0.6) is 0 Å². The number of likely N-dealkylation sites (tertiary alicyclic amines) is 1. The fourth-order valence-electron chi connectivity index (χ4n) is 9.07. The first-order chi connectivity index (χ1) is 37.1. The van der Waals surface area contributed by atoms with Crippen LogP contribution in [0, 0.1) is 11.8 Å². The molecule has 1 saturated heterocycles. The summed E-state index contributed by atoms with van der Waals surface area (Å²) in [5.74, 6) is -7.13. The van der Waals surface area contributed by atoms with E-state index < -0.39 is 114 Å². The Morgan fingerprint density at radius 1 is 0.667 bits per heavy atom. The van der Waals surface area contributed by atoms with E-state index in [0.717, 1.165) is 16.5 Å². The van der Waals surface area contributed by atoms with Crippen molar-refractivity contribution < 1.29 is 47.9 Å². The molecule has 0 saturated carbocycles. The second kappa shape index (κ2) is 29.4. The van der Waals surface area contributed by atoms with Gasteiger partial charge in [-0.3, -0.25) is 47.9 Å². The van der Waals surface area contributed by atoms with Gasteiger partial charge in [-0.1, -0.05) is 76.2 Å². The Morgan fingerprint density at radius 2 is 1.27 bits per heavy atom. The number of imidazole rings is 1. The highest BCUT2D eigenvalue weighted by Crippen LogP contribution is 2.20. The van der Waals surface area contributed by atoms with Crippen molar-refractivity contribution in [2.75, 3.05) is 13.1 Å². The predicted octanol–water partition coefficient (Wildman–Crippen LogP) is -0.485. The van der Waals surface area contributed by atoms with E-state index in [1.165, 1.54) is 24.3 Å². The highest BCUT2D eigenvalue weighted by Gasteiger charge is 2.35. The Bertz CT molecular complexity index is 2710. The quantitative estimate of drug-likeness (QED) is 0.0328. The number of fused-ring (bicyclic) bond motifs is 1. The van der Waals surface area contributed by atoms with Gasteiger partial charge in [0.1, 0.15) is 42.3 Å². The summed E-state index contributed by atoms with van der Waals surface area (Å²) >= 11 is 0. The van der Waals surface area contributed by atoms with Gasteiger partial charge in [0, 0.05) is 54.8 Å². The summed E-state index contributed by atoms with van der Waals surface area (Å²) in [6.07, 6.45) is 5.72. The normalized spacial score (nSPS) is 16.3. The van der Waals surface area contributed by atoms with Crippen molar-refractivity contribution >= 4 is 70.0 Å². The Kier molecular flexibility index (Phi) is 22.9. The first-order valence-corrected chi connectivity index (χ1v) is 26.4. The Hall–Kier alpha value is -8.15. The van der Waals surface area contributed by atoms with Crippen LogP contribution in [0.1, 0.15) is 96.4 Å². The number of amides is 10. The smallest absolute Gasteiger partial charge is 0.245 e. The van der Waals surface area contributed by atoms with Crippen LogP contribution in [-0.4, -0.2) is 140 Å². The van der Waals surface area contributed by atoms with Gasteiger partial charge in [0.05, 0.1) is 18.9 Å². The zero-order chi connectivity index (χ0) is 57.1. The molecule has 0 radical (unpaired) electrons. The number of carbonyl (C=O) groups is 10. The summed E-state index contributed by atoms with van der Waals surface area (Å²) < 4.78 is 0. The summed E-state index contributed by atoms with van der Waals surface area (Å²) in [4.78, 5) is 146. The third kappa shape index (κ3) is 18.8. The van der Waals surface area contributed by atoms with Crippen LogP contribution in [0.25, 0.3) is 10.9 Å². The molecule has 24 nitrogen and oxygen atoms in total. The monoisotopic (exact) mass is 1080 g/mol. The lowest BCUT2D eigenvalue weighted by Crippen LogP contribution is -2.59. The number of primary amides is 2. The van der Waals surface area contributed by atoms with Gasteiger partial charge in [-0.05, 0) is 80.9 Å². The number of rotatable bonds is 29. The number of aromatic amines is 2. The van der Waals surface area contributed by atoms with Gasteiger partial charge in [0.15, 0.2) is 0 Å². The van der Waals surface area contributed by atoms with E-state index in [9.17, 15) is 47.9 Å². The number of nitrogens with zero attached hydrogens (tertiary/aromatic N) is 2. The summed E-state index contributed by atoms with van der Waals surface area (Å²) in [6.45, 7) is 8.51. The molecule has 1 aliphatic heterocycles. The highest BCUT2D eigenvalue weighted by atomic mass is 16.2. The second-order valence-electron chi connectivity index (χ2n) is 20.7. The highest BCUT2D eigenvalue weighted by molar-refractivity contribution is 5.98. The number of para-hydroxylation sites is 1. The first-order valence-electron chi connectivity index (χ1n) is 26.4. The number of H-pyrrole nitrogens is 2. The molecule has 2 aromatic carbocycles. The molecule has 15 N–H and O–H groups in total. The standard InChI is InChI=1S/C54H76N14O10/c1-30(2)21-41(47(57)71)65-52(76)42(22-31(3)4)66-53(77)44(25-35-27-58-29-60-35)62-46(70)28-68-20-12-11-17-40(54(68)78)64-48(72)32(5)61-51(75)43(24-34-26-59-38-16-10-9-15-36(34)38)67-50(74)39(18-19-45(56)69)63-49(73)37(55)23-33-13-7-6-8-14-33/h6-10,13-16,26-27,29-32,37,39-44,59H,11-12,17-25,28,55H2,1-5H3,(H2,56,69)(H2,57,71)(H,58,60)(H,61,75)(H,62,70)(H,63,73)(H,64,72)(H,65,76)(H,66,77)(H,67,74)/t32?,37-,39?,40?,41?,42?,43?,44?/m1/s1. The second-order valence-corrected chi connectivity index (χ2v) is 20.7. The van der Waals surface area contributed by atoms with E-state index in [4.69, 9.17) is 17.2 Å². The molecular weight excluding hydrogens is 1000 g/mol. The van der Waals surface area contributed by atoms with Gasteiger partial charge >= 0.3 is 0 Å². The van der Waals surface area contributed by atoms with Crippen LogP contribution in [0.2, 0.25) is 0 Å². The summed E-state index contributed by atoms with van der Waals surface area (Å²) in [7, 11) is 0. The average Bonchev–Trinajstić information content (AvgIpc) is 4.04. The van der Waals surface area contributed by atoms with E-state index in [1.807, 2.05) is 58.0 Å². The van der Waals surface area contributed by atoms with Crippen LogP contribution in [0.15, 0.2) is 73.3 Å². The topological polar surface area (TPSA) is 381 Å². The molecule has 8 atom stereocenters. The molecule has 7 unspecified atom stereocenters. The molecule has 5 rings (SSSR count). The van der Waals surface area contributed by atoms with Gasteiger partial charge in [-0.15, -0.1) is 0 Å². The zero-order valence-corrected chi connectivity index (χ0v) is 44.9. The van der Waals surface area contributed by atoms with E-state index in [-0.39, 0.29) is 69.7 Å². The van der Waals surface area contributed by atoms with E-state index in [0.29, 0.717) is 24.1 Å². The van der Waals surface area contributed by atoms with Crippen molar-refractivity contribution in [3.8, 4) is 0 Å². The van der Waals surface area contributed by atoms with Crippen molar-refractivity contribution in [2.24, 2.45) is 29.0 Å². The summed E-state index contributed by atoms with van der Waals surface area (Å²) in [5.41, 5.74) is 19.9. The molecular formula is C54H76N14O10. The number of hydrogen-bond donors (Lipinski definition) is 12. The van der Waals surface area contributed by atoms with Gasteiger partial charge < -0.3 is 69.3 Å².